The highest BCUT2D eigenvalue weighted by Gasteiger charge is 2.65. The second-order valence-electron chi connectivity index (χ2n) is 6.33. The number of carbonyl (C=O) groups is 1. The van der Waals surface area contributed by atoms with Gasteiger partial charge in [0, 0.05) is 23.2 Å². The zero-order valence-electron chi connectivity index (χ0n) is 9.81. The van der Waals surface area contributed by atoms with Crippen molar-refractivity contribution in [2.24, 2.45) is 23.2 Å². The molecule has 1 spiro atoms. The maximum Gasteiger partial charge on any atom is 0.174 e. The number of carboxylic acid groups (broad SMARTS) is 1. The van der Waals surface area contributed by atoms with E-state index in [1.807, 2.05) is 0 Å². The van der Waals surface area contributed by atoms with Crippen LogP contribution in [0.4, 0.5) is 0 Å². The molecule has 4 heteroatoms. The molecule has 2 atom stereocenters. The van der Waals surface area contributed by atoms with Crippen LogP contribution in [0.2, 0.25) is 0 Å². The van der Waals surface area contributed by atoms with Crippen LogP contribution >= 0.6 is 0 Å². The summed E-state index contributed by atoms with van der Waals surface area (Å²) >= 11 is 0. The lowest BCUT2D eigenvalue weighted by molar-refractivity contribution is -0.347. The Bertz CT molecular complexity index is 354. The third-order valence-electron chi connectivity index (χ3n) is 5.50. The molecule has 1 heterocycles. The fourth-order valence-electron chi connectivity index (χ4n) is 5.09. The third kappa shape index (κ3) is 1.13. The van der Waals surface area contributed by atoms with Gasteiger partial charge < -0.3 is 19.4 Å². The summed E-state index contributed by atoms with van der Waals surface area (Å²) in [4.78, 5) is 11.5. The van der Waals surface area contributed by atoms with Gasteiger partial charge in [0.1, 0.15) is 0 Å². The number of carboxylic acids is 1. The molecule has 0 aromatic heterocycles. The smallest absolute Gasteiger partial charge is 0.174 e. The molecule has 2 unspecified atom stereocenters. The number of aliphatic carboxylic acids is 1. The highest BCUT2D eigenvalue weighted by Crippen LogP contribution is 2.65. The third-order valence-corrected chi connectivity index (χ3v) is 5.50. The quantitative estimate of drug-likeness (QED) is 0.658. The van der Waals surface area contributed by atoms with Crippen LogP contribution in [-0.4, -0.2) is 25.0 Å². The largest absolute Gasteiger partial charge is 0.550 e. The Hall–Kier alpha value is -0.610. The van der Waals surface area contributed by atoms with Gasteiger partial charge in [-0.15, -0.1) is 0 Å². The fourth-order valence-corrected chi connectivity index (χ4v) is 5.09. The van der Waals surface area contributed by atoms with Crippen LogP contribution in [0, 0.1) is 23.2 Å². The van der Waals surface area contributed by atoms with E-state index in [2.05, 4.69) is 0 Å². The van der Waals surface area contributed by atoms with Gasteiger partial charge in [-0.1, -0.05) is 0 Å². The normalized spacial score (nSPS) is 50.0. The summed E-state index contributed by atoms with van der Waals surface area (Å²) in [5.74, 6) is -0.188. The van der Waals surface area contributed by atoms with Crippen molar-refractivity contribution in [3.05, 3.63) is 0 Å². The van der Waals surface area contributed by atoms with E-state index >= 15 is 0 Å². The first kappa shape index (κ1) is 10.3. The molecular weight excluding hydrogens is 220 g/mol. The van der Waals surface area contributed by atoms with Crippen LogP contribution in [-0.2, 0) is 14.3 Å². The lowest BCUT2D eigenvalue weighted by Gasteiger charge is -2.63. The minimum Gasteiger partial charge on any atom is -0.550 e. The van der Waals surface area contributed by atoms with E-state index in [-0.39, 0.29) is 11.8 Å². The van der Waals surface area contributed by atoms with Gasteiger partial charge in [-0.3, -0.25) is 0 Å². The van der Waals surface area contributed by atoms with Crippen molar-refractivity contribution < 1.29 is 19.4 Å². The van der Waals surface area contributed by atoms with Gasteiger partial charge >= 0.3 is 0 Å². The summed E-state index contributed by atoms with van der Waals surface area (Å²) in [5, 5.41) is 11.5. The zero-order valence-corrected chi connectivity index (χ0v) is 9.81. The Balaban J connectivity index is 1.74. The standard InChI is InChI=1S/C13H18O4/c14-11(15)12-5-8-3-9(6-12)13(10(4-8)7-12)16-1-2-17-13/h8-10H,1-7H2,(H,14,15)/p-1. The SMILES string of the molecule is O=C([O-])C12CC3CC(C1)C1(OCCO1)C(C3)C2. The van der Waals surface area contributed by atoms with Crippen molar-refractivity contribution in [1.82, 2.24) is 0 Å². The molecule has 5 rings (SSSR count). The predicted molar refractivity (Wildman–Crippen MR) is 55.6 cm³/mol. The summed E-state index contributed by atoms with van der Waals surface area (Å²) in [6, 6.07) is 0. The van der Waals surface area contributed by atoms with Crippen LogP contribution in [0.1, 0.15) is 32.1 Å². The lowest BCUT2D eigenvalue weighted by Crippen LogP contribution is -2.65. The number of hydrogen-bond donors (Lipinski definition) is 0. The van der Waals surface area contributed by atoms with Crippen molar-refractivity contribution in [2.45, 2.75) is 37.9 Å². The van der Waals surface area contributed by atoms with Crippen LogP contribution < -0.4 is 5.11 Å². The molecular formula is C13H17O4-. The fraction of sp³-hybridized carbons (Fsp3) is 0.923. The van der Waals surface area contributed by atoms with Crippen LogP contribution in [0.25, 0.3) is 0 Å². The highest BCUT2D eigenvalue weighted by atomic mass is 16.7. The summed E-state index contributed by atoms with van der Waals surface area (Å²) in [7, 11) is 0. The van der Waals surface area contributed by atoms with E-state index in [0.717, 1.165) is 19.3 Å². The summed E-state index contributed by atoms with van der Waals surface area (Å²) in [6.07, 6.45) is 4.36. The molecule has 5 aliphatic rings. The van der Waals surface area contributed by atoms with Gasteiger partial charge in [0.15, 0.2) is 5.79 Å². The minimum atomic E-state index is -0.843. The van der Waals surface area contributed by atoms with Gasteiger partial charge in [-0.2, -0.15) is 0 Å². The first-order valence-electron chi connectivity index (χ1n) is 6.64. The molecule has 5 fully saturated rings. The number of rotatable bonds is 1. The first-order valence-corrected chi connectivity index (χ1v) is 6.64. The van der Waals surface area contributed by atoms with Crippen molar-refractivity contribution in [3.63, 3.8) is 0 Å². The van der Waals surface area contributed by atoms with Crippen molar-refractivity contribution >= 4 is 5.97 Å². The average molecular weight is 237 g/mol. The molecule has 1 aliphatic heterocycles. The second-order valence-corrected chi connectivity index (χ2v) is 6.33. The van der Waals surface area contributed by atoms with E-state index in [9.17, 15) is 9.90 Å². The van der Waals surface area contributed by atoms with E-state index in [1.54, 1.807) is 0 Å². The molecule has 0 N–H and O–H groups in total. The van der Waals surface area contributed by atoms with Gasteiger partial charge in [-0.25, -0.2) is 0 Å². The van der Waals surface area contributed by atoms with E-state index in [0.29, 0.717) is 32.0 Å². The maximum atomic E-state index is 11.5. The highest BCUT2D eigenvalue weighted by molar-refractivity contribution is 5.73. The Labute approximate surface area is 100 Å². The Morgan fingerprint density at radius 2 is 1.65 bits per heavy atom. The maximum absolute atomic E-state index is 11.5. The summed E-state index contributed by atoms with van der Waals surface area (Å²) in [5.41, 5.74) is -0.572. The van der Waals surface area contributed by atoms with Crippen LogP contribution in [0.15, 0.2) is 0 Å². The molecule has 94 valence electrons. The topological polar surface area (TPSA) is 58.6 Å². The summed E-state index contributed by atoms with van der Waals surface area (Å²) < 4.78 is 11.8. The van der Waals surface area contributed by atoms with Gasteiger partial charge in [0.05, 0.1) is 13.2 Å². The first-order chi connectivity index (χ1) is 8.15. The monoisotopic (exact) mass is 237 g/mol. The molecule has 4 nitrogen and oxygen atoms in total. The number of carbonyl (C=O) groups excluding carboxylic acids is 1. The number of ether oxygens (including phenoxy) is 2. The second kappa shape index (κ2) is 3.04. The molecule has 4 aliphatic carbocycles. The zero-order chi connectivity index (χ0) is 11.7. The Morgan fingerprint density at radius 1 is 1.06 bits per heavy atom. The predicted octanol–water partition coefficient (Wildman–Crippen LogP) is 0.306. The molecule has 0 aromatic rings. The lowest BCUT2D eigenvalue weighted by atomic mass is 9.47. The number of hydrogen-bond acceptors (Lipinski definition) is 4. The molecule has 4 bridgehead atoms. The minimum absolute atomic E-state index is 0.272. The van der Waals surface area contributed by atoms with Crippen LogP contribution in [0.3, 0.4) is 0 Å². The van der Waals surface area contributed by atoms with Crippen molar-refractivity contribution in [2.75, 3.05) is 13.2 Å². The molecule has 0 aromatic carbocycles. The molecule has 4 saturated carbocycles. The molecule has 17 heavy (non-hydrogen) atoms. The molecule has 0 radical (unpaired) electrons. The molecule has 0 amide bonds. The van der Waals surface area contributed by atoms with E-state index < -0.39 is 17.2 Å². The van der Waals surface area contributed by atoms with Gasteiger partial charge in [-0.05, 0) is 38.0 Å². The average Bonchev–Trinajstić information content (AvgIpc) is 2.75. The van der Waals surface area contributed by atoms with Gasteiger partial charge in [0.25, 0.3) is 0 Å². The van der Waals surface area contributed by atoms with Crippen molar-refractivity contribution in [1.29, 1.82) is 0 Å². The Morgan fingerprint density at radius 3 is 2.18 bits per heavy atom. The van der Waals surface area contributed by atoms with Gasteiger partial charge in [0.2, 0.25) is 0 Å². The van der Waals surface area contributed by atoms with E-state index in [1.165, 1.54) is 0 Å². The van der Waals surface area contributed by atoms with Crippen LogP contribution in [0.5, 0.6) is 0 Å². The summed E-state index contributed by atoms with van der Waals surface area (Å²) in [6.45, 7) is 1.33. The van der Waals surface area contributed by atoms with E-state index in [4.69, 9.17) is 9.47 Å². The molecule has 1 saturated heterocycles. The van der Waals surface area contributed by atoms with Crippen molar-refractivity contribution in [3.8, 4) is 0 Å². The Kier molecular flexibility index (Phi) is 1.84.